The van der Waals surface area contributed by atoms with Gasteiger partial charge in [0.25, 0.3) is 0 Å². The molecular weight excluding hydrogens is 198 g/mol. The summed E-state index contributed by atoms with van der Waals surface area (Å²) in [4.78, 5) is 11.5. The lowest BCUT2D eigenvalue weighted by molar-refractivity contribution is -0.126. The molecule has 1 fully saturated rings. The smallest absolute Gasteiger partial charge is 0.223 e. The molecule has 1 atom stereocenters. The molecule has 1 saturated heterocycles. The fourth-order valence-electron chi connectivity index (χ4n) is 1.99. The number of rotatable bonds is 3. The molecule has 1 amide bonds. The van der Waals surface area contributed by atoms with Gasteiger partial charge in [0.15, 0.2) is 0 Å². The zero-order chi connectivity index (χ0) is 11.2. The van der Waals surface area contributed by atoms with Crippen molar-refractivity contribution in [3.63, 3.8) is 0 Å². The third kappa shape index (κ3) is 2.96. The van der Waals surface area contributed by atoms with Crippen LogP contribution in [-0.2, 0) is 4.79 Å². The number of benzene rings is 1. The molecule has 0 saturated carbocycles. The van der Waals surface area contributed by atoms with Gasteiger partial charge in [-0.25, -0.2) is 0 Å². The first-order valence-electron chi connectivity index (χ1n) is 5.85. The van der Waals surface area contributed by atoms with Gasteiger partial charge in [0, 0.05) is 12.5 Å². The standard InChI is InChI=1S/C14H17NO/c16-14-13(10-5-11-15-14)9-4-8-12-6-2-1-3-7-12/h1-4,6-8,13H,5,9-11H2,(H,15,16)/b8-4+. The van der Waals surface area contributed by atoms with Gasteiger partial charge < -0.3 is 5.32 Å². The van der Waals surface area contributed by atoms with Gasteiger partial charge in [-0.15, -0.1) is 0 Å². The largest absolute Gasteiger partial charge is 0.356 e. The Balaban J connectivity index is 1.87. The Labute approximate surface area is 96.4 Å². The third-order valence-corrected chi connectivity index (χ3v) is 2.93. The molecule has 0 aromatic heterocycles. The number of hydrogen-bond donors (Lipinski definition) is 1. The lowest BCUT2D eigenvalue weighted by Crippen LogP contribution is -2.36. The highest BCUT2D eigenvalue weighted by Gasteiger charge is 2.19. The second-order valence-corrected chi connectivity index (χ2v) is 4.18. The average molecular weight is 215 g/mol. The van der Waals surface area contributed by atoms with Gasteiger partial charge in [0.2, 0.25) is 5.91 Å². The zero-order valence-corrected chi connectivity index (χ0v) is 9.36. The molecule has 2 heteroatoms. The predicted molar refractivity (Wildman–Crippen MR) is 65.8 cm³/mol. The molecule has 0 bridgehead atoms. The number of hydrogen-bond acceptors (Lipinski definition) is 1. The Bertz CT molecular complexity index is 370. The summed E-state index contributed by atoms with van der Waals surface area (Å²) in [6.45, 7) is 0.845. The number of carbonyl (C=O) groups excluding carboxylic acids is 1. The zero-order valence-electron chi connectivity index (χ0n) is 9.36. The van der Waals surface area contributed by atoms with Crippen LogP contribution in [0, 0.1) is 5.92 Å². The molecule has 1 unspecified atom stereocenters. The lowest BCUT2D eigenvalue weighted by atomic mass is 9.95. The fraction of sp³-hybridized carbons (Fsp3) is 0.357. The van der Waals surface area contributed by atoms with E-state index in [1.54, 1.807) is 0 Å². The maximum atomic E-state index is 11.5. The van der Waals surface area contributed by atoms with E-state index in [0.717, 1.165) is 25.8 Å². The summed E-state index contributed by atoms with van der Waals surface area (Å²) in [7, 11) is 0. The Morgan fingerprint density at radius 3 is 2.88 bits per heavy atom. The highest BCUT2D eigenvalue weighted by atomic mass is 16.1. The summed E-state index contributed by atoms with van der Waals surface area (Å²) < 4.78 is 0. The molecule has 0 aliphatic carbocycles. The Morgan fingerprint density at radius 1 is 1.31 bits per heavy atom. The Hall–Kier alpha value is -1.57. The first-order chi connectivity index (χ1) is 7.86. The van der Waals surface area contributed by atoms with Gasteiger partial charge in [-0.3, -0.25) is 4.79 Å². The van der Waals surface area contributed by atoms with Gasteiger partial charge in [-0.1, -0.05) is 42.5 Å². The summed E-state index contributed by atoms with van der Waals surface area (Å²) in [5, 5.41) is 2.91. The number of allylic oxidation sites excluding steroid dienone is 1. The molecule has 1 aliphatic heterocycles. The van der Waals surface area contributed by atoms with E-state index in [9.17, 15) is 4.79 Å². The highest BCUT2D eigenvalue weighted by molar-refractivity contribution is 5.79. The van der Waals surface area contributed by atoms with E-state index in [4.69, 9.17) is 0 Å². The minimum Gasteiger partial charge on any atom is -0.356 e. The Kier molecular flexibility index (Phi) is 3.76. The van der Waals surface area contributed by atoms with Gasteiger partial charge in [-0.2, -0.15) is 0 Å². The number of carbonyl (C=O) groups is 1. The van der Waals surface area contributed by atoms with Gasteiger partial charge in [0.1, 0.15) is 0 Å². The van der Waals surface area contributed by atoms with Crippen molar-refractivity contribution in [2.75, 3.05) is 6.54 Å². The second kappa shape index (κ2) is 5.50. The van der Waals surface area contributed by atoms with Crippen molar-refractivity contribution in [1.82, 2.24) is 5.32 Å². The SMILES string of the molecule is O=C1NCCCC1C/C=C/c1ccccc1. The van der Waals surface area contributed by atoms with Crippen LogP contribution in [0.5, 0.6) is 0 Å². The fourth-order valence-corrected chi connectivity index (χ4v) is 1.99. The maximum absolute atomic E-state index is 11.5. The summed E-state index contributed by atoms with van der Waals surface area (Å²) in [6.07, 6.45) is 7.16. The van der Waals surface area contributed by atoms with Crippen LogP contribution in [0.2, 0.25) is 0 Å². The van der Waals surface area contributed by atoms with Gasteiger partial charge >= 0.3 is 0 Å². The predicted octanol–water partition coefficient (Wildman–Crippen LogP) is 2.62. The number of amides is 1. The Morgan fingerprint density at radius 2 is 2.12 bits per heavy atom. The molecule has 1 aromatic rings. The number of nitrogens with one attached hydrogen (secondary N) is 1. The second-order valence-electron chi connectivity index (χ2n) is 4.18. The molecule has 2 nitrogen and oxygen atoms in total. The van der Waals surface area contributed by atoms with Crippen LogP contribution in [0.3, 0.4) is 0 Å². The van der Waals surface area contributed by atoms with Crippen molar-refractivity contribution < 1.29 is 4.79 Å². The first kappa shape index (κ1) is 10.9. The minimum atomic E-state index is 0.175. The van der Waals surface area contributed by atoms with Crippen LogP contribution < -0.4 is 5.32 Å². The summed E-state index contributed by atoms with van der Waals surface area (Å²) in [5.41, 5.74) is 1.19. The molecule has 1 aliphatic rings. The van der Waals surface area contributed by atoms with E-state index in [1.165, 1.54) is 5.56 Å². The topological polar surface area (TPSA) is 29.1 Å². The lowest BCUT2D eigenvalue weighted by Gasteiger charge is -2.20. The minimum absolute atomic E-state index is 0.175. The van der Waals surface area contributed by atoms with Crippen molar-refractivity contribution >= 4 is 12.0 Å². The van der Waals surface area contributed by atoms with Crippen LogP contribution in [0.15, 0.2) is 36.4 Å². The molecule has 2 rings (SSSR count). The van der Waals surface area contributed by atoms with E-state index in [-0.39, 0.29) is 11.8 Å². The first-order valence-corrected chi connectivity index (χ1v) is 5.85. The van der Waals surface area contributed by atoms with Gasteiger partial charge in [-0.05, 0) is 24.8 Å². The van der Waals surface area contributed by atoms with Crippen LogP contribution in [0.4, 0.5) is 0 Å². The van der Waals surface area contributed by atoms with Gasteiger partial charge in [0.05, 0.1) is 0 Å². The highest BCUT2D eigenvalue weighted by Crippen LogP contribution is 2.16. The molecule has 1 heterocycles. The molecule has 16 heavy (non-hydrogen) atoms. The van der Waals surface area contributed by atoms with Crippen molar-refractivity contribution in [2.24, 2.45) is 5.92 Å². The average Bonchev–Trinajstić information content (AvgIpc) is 2.33. The molecule has 84 valence electrons. The van der Waals surface area contributed by atoms with E-state index < -0.39 is 0 Å². The molecular formula is C14H17NO. The van der Waals surface area contributed by atoms with Crippen LogP contribution in [0.1, 0.15) is 24.8 Å². The van der Waals surface area contributed by atoms with Crippen molar-refractivity contribution in [1.29, 1.82) is 0 Å². The molecule has 1 N–H and O–H groups in total. The number of piperidine rings is 1. The quantitative estimate of drug-likeness (QED) is 0.825. The summed E-state index contributed by atoms with van der Waals surface area (Å²) in [6, 6.07) is 10.2. The summed E-state index contributed by atoms with van der Waals surface area (Å²) >= 11 is 0. The van der Waals surface area contributed by atoms with Crippen LogP contribution in [0.25, 0.3) is 6.08 Å². The van der Waals surface area contributed by atoms with Crippen molar-refractivity contribution in [3.05, 3.63) is 42.0 Å². The molecule has 0 spiro atoms. The van der Waals surface area contributed by atoms with Crippen molar-refractivity contribution in [3.8, 4) is 0 Å². The van der Waals surface area contributed by atoms with Crippen LogP contribution in [-0.4, -0.2) is 12.5 Å². The van der Waals surface area contributed by atoms with E-state index in [2.05, 4.69) is 29.6 Å². The molecule has 1 aromatic carbocycles. The van der Waals surface area contributed by atoms with E-state index >= 15 is 0 Å². The molecule has 0 radical (unpaired) electrons. The van der Waals surface area contributed by atoms with E-state index in [1.807, 2.05) is 18.2 Å². The normalized spacial score (nSPS) is 21.0. The summed E-state index contributed by atoms with van der Waals surface area (Å²) in [5.74, 6) is 0.387. The van der Waals surface area contributed by atoms with Crippen LogP contribution >= 0.6 is 0 Å². The van der Waals surface area contributed by atoms with E-state index in [0.29, 0.717) is 0 Å². The third-order valence-electron chi connectivity index (χ3n) is 2.93. The van der Waals surface area contributed by atoms with Crippen molar-refractivity contribution in [2.45, 2.75) is 19.3 Å². The monoisotopic (exact) mass is 215 g/mol. The maximum Gasteiger partial charge on any atom is 0.223 e.